The van der Waals surface area contributed by atoms with E-state index in [1.165, 1.54) is 11.3 Å². The van der Waals surface area contributed by atoms with Crippen LogP contribution in [0.2, 0.25) is 4.47 Å². The predicted molar refractivity (Wildman–Crippen MR) is 74.1 cm³/mol. The number of fused-ring (bicyclic) bond motifs is 1. The average Bonchev–Trinajstić information content (AvgIpc) is 2.89. The number of thiazole rings is 1. The highest BCUT2D eigenvalue weighted by molar-refractivity contribution is 7.22. The Balaban J connectivity index is 1.96. The molecular weight excluding hydrogens is 270 g/mol. The second-order valence-corrected chi connectivity index (χ2v) is 6.04. The molecular formula is C12H12ClN3OS. The number of carbonyl (C=O) groups excluding carboxylic acids is 1. The van der Waals surface area contributed by atoms with Gasteiger partial charge in [0.2, 0.25) is 5.91 Å². The molecule has 1 saturated heterocycles. The zero-order chi connectivity index (χ0) is 12.7. The van der Waals surface area contributed by atoms with Gasteiger partial charge in [-0.2, -0.15) is 0 Å². The number of amides is 1. The summed E-state index contributed by atoms with van der Waals surface area (Å²) >= 11 is 7.32. The molecule has 1 aliphatic rings. The van der Waals surface area contributed by atoms with Gasteiger partial charge < -0.3 is 10.6 Å². The lowest BCUT2D eigenvalue weighted by Gasteiger charge is -2.16. The van der Waals surface area contributed by atoms with Crippen LogP contribution in [0.15, 0.2) is 18.2 Å². The third kappa shape index (κ3) is 1.98. The fraction of sp³-hybridized carbons (Fsp3) is 0.333. The van der Waals surface area contributed by atoms with Gasteiger partial charge in [-0.1, -0.05) is 11.6 Å². The smallest absolute Gasteiger partial charge is 0.227 e. The number of hydrogen-bond donors (Lipinski definition) is 1. The molecule has 0 aliphatic carbocycles. The summed E-state index contributed by atoms with van der Waals surface area (Å²) < 4.78 is 1.56. The fourth-order valence-electron chi connectivity index (χ4n) is 2.24. The second kappa shape index (κ2) is 4.50. The number of nitrogens with zero attached hydrogens (tertiary/aromatic N) is 2. The number of benzene rings is 1. The molecule has 3 rings (SSSR count). The van der Waals surface area contributed by atoms with Gasteiger partial charge in [0.1, 0.15) is 0 Å². The topological polar surface area (TPSA) is 59.2 Å². The Kier molecular flexibility index (Phi) is 2.97. The van der Waals surface area contributed by atoms with Crippen LogP contribution in [0.25, 0.3) is 10.2 Å². The van der Waals surface area contributed by atoms with E-state index in [9.17, 15) is 4.79 Å². The monoisotopic (exact) mass is 281 g/mol. The van der Waals surface area contributed by atoms with E-state index in [4.69, 9.17) is 17.3 Å². The van der Waals surface area contributed by atoms with Crippen LogP contribution >= 0.6 is 22.9 Å². The Morgan fingerprint density at radius 2 is 2.39 bits per heavy atom. The van der Waals surface area contributed by atoms with Gasteiger partial charge in [-0.05, 0) is 30.7 Å². The average molecular weight is 282 g/mol. The summed E-state index contributed by atoms with van der Waals surface area (Å²) in [6, 6.07) is 5.80. The number of rotatable bonds is 2. The number of aromatic nitrogens is 1. The van der Waals surface area contributed by atoms with Crippen molar-refractivity contribution < 1.29 is 4.79 Å². The molecule has 1 unspecified atom stereocenters. The zero-order valence-corrected chi connectivity index (χ0v) is 11.2. The van der Waals surface area contributed by atoms with Crippen LogP contribution < -0.4 is 10.6 Å². The number of anilines is 1. The van der Waals surface area contributed by atoms with Gasteiger partial charge in [0, 0.05) is 18.7 Å². The van der Waals surface area contributed by atoms with Crippen molar-refractivity contribution in [2.75, 3.05) is 18.0 Å². The molecule has 2 aromatic rings. The largest absolute Gasteiger partial charge is 0.330 e. The molecule has 0 spiro atoms. The minimum Gasteiger partial charge on any atom is -0.330 e. The molecule has 0 radical (unpaired) electrons. The molecule has 0 bridgehead atoms. The summed E-state index contributed by atoms with van der Waals surface area (Å²) in [6.07, 6.45) is 0.534. The van der Waals surface area contributed by atoms with E-state index in [-0.39, 0.29) is 11.8 Å². The van der Waals surface area contributed by atoms with Gasteiger partial charge in [-0.3, -0.25) is 4.79 Å². The highest BCUT2D eigenvalue weighted by atomic mass is 35.5. The predicted octanol–water partition coefficient (Wildman–Crippen LogP) is 2.26. The lowest BCUT2D eigenvalue weighted by atomic mass is 10.1. The first kappa shape index (κ1) is 11.9. The van der Waals surface area contributed by atoms with E-state index >= 15 is 0 Å². The Labute approximate surface area is 113 Å². The van der Waals surface area contributed by atoms with Crippen LogP contribution in [0.3, 0.4) is 0 Å². The van der Waals surface area contributed by atoms with Crippen molar-refractivity contribution in [2.24, 2.45) is 11.7 Å². The summed E-state index contributed by atoms with van der Waals surface area (Å²) in [5, 5.41) is 0. The number of carbonyl (C=O) groups is 1. The van der Waals surface area contributed by atoms with Crippen molar-refractivity contribution >= 4 is 44.7 Å². The number of hydrogen-bond acceptors (Lipinski definition) is 4. The molecule has 6 heteroatoms. The van der Waals surface area contributed by atoms with Gasteiger partial charge in [0.15, 0.2) is 4.47 Å². The van der Waals surface area contributed by atoms with Crippen LogP contribution in [0.1, 0.15) is 6.42 Å². The molecule has 4 nitrogen and oxygen atoms in total. The quantitative estimate of drug-likeness (QED) is 0.918. The van der Waals surface area contributed by atoms with Crippen molar-refractivity contribution in [3.63, 3.8) is 0 Å². The Bertz CT molecular complexity index is 612. The molecule has 1 fully saturated rings. The first-order chi connectivity index (χ1) is 8.67. The molecule has 1 aromatic heterocycles. The first-order valence-corrected chi connectivity index (χ1v) is 6.93. The van der Waals surface area contributed by atoms with Gasteiger partial charge in [0.05, 0.1) is 10.2 Å². The molecule has 1 atom stereocenters. The van der Waals surface area contributed by atoms with Crippen molar-refractivity contribution in [1.82, 2.24) is 4.98 Å². The Morgan fingerprint density at radius 3 is 3.11 bits per heavy atom. The molecule has 1 amide bonds. The Morgan fingerprint density at radius 1 is 1.56 bits per heavy atom. The highest BCUT2D eigenvalue weighted by Crippen LogP contribution is 2.31. The third-order valence-corrected chi connectivity index (χ3v) is 4.34. The number of nitrogens with two attached hydrogens (primary N) is 1. The van der Waals surface area contributed by atoms with Crippen LogP contribution in [0.4, 0.5) is 5.69 Å². The maximum absolute atomic E-state index is 11.9. The van der Waals surface area contributed by atoms with Gasteiger partial charge >= 0.3 is 0 Å². The Hall–Kier alpha value is -1.17. The molecule has 2 N–H and O–H groups in total. The van der Waals surface area contributed by atoms with Gasteiger partial charge in [-0.25, -0.2) is 4.98 Å². The molecule has 1 aliphatic heterocycles. The SMILES string of the molecule is NCC1CC(=O)N(c2ccc3sc(Cl)nc3c2)C1. The molecule has 1 aromatic carbocycles. The van der Waals surface area contributed by atoms with E-state index in [0.29, 0.717) is 24.0 Å². The minimum absolute atomic E-state index is 0.131. The lowest BCUT2D eigenvalue weighted by molar-refractivity contribution is -0.117. The third-order valence-electron chi connectivity index (χ3n) is 3.20. The first-order valence-electron chi connectivity index (χ1n) is 5.74. The fourth-order valence-corrected chi connectivity index (χ4v) is 3.26. The summed E-state index contributed by atoms with van der Waals surface area (Å²) in [5.74, 6) is 0.387. The van der Waals surface area contributed by atoms with Crippen molar-refractivity contribution in [1.29, 1.82) is 0 Å². The highest BCUT2D eigenvalue weighted by Gasteiger charge is 2.29. The van der Waals surface area contributed by atoms with E-state index in [1.54, 1.807) is 4.90 Å². The van der Waals surface area contributed by atoms with Crippen LogP contribution in [-0.2, 0) is 4.79 Å². The molecule has 94 valence electrons. The van der Waals surface area contributed by atoms with Crippen molar-refractivity contribution in [2.45, 2.75) is 6.42 Å². The summed E-state index contributed by atoms with van der Waals surface area (Å²) in [4.78, 5) is 17.9. The van der Waals surface area contributed by atoms with Gasteiger partial charge in [-0.15, -0.1) is 11.3 Å². The van der Waals surface area contributed by atoms with E-state index < -0.39 is 0 Å². The van der Waals surface area contributed by atoms with Crippen molar-refractivity contribution in [3.05, 3.63) is 22.7 Å². The summed E-state index contributed by atoms with van der Waals surface area (Å²) in [7, 11) is 0. The number of halogens is 1. The standard InChI is InChI=1S/C12H12ClN3OS/c13-12-15-9-4-8(1-2-10(9)18-12)16-6-7(5-14)3-11(16)17/h1-2,4,7H,3,5-6,14H2. The van der Waals surface area contributed by atoms with Gasteiger partial charge in [0.25, 0.3) is 0 Å². The van der Waals surface area contributed by atoms with E-state index in [2.05, 4.69) is 4.98 Å². The van der Waals surface area contributed by atoms with E-state index in [1.807, 2.05) is 18.2 Å². The second-order valence-electron chi connectivity index (χ2n) is 4.43. The normalized spacial score (nSPS) is 20.0. The zero-order valence-electron chi connectivity index (χ0n) is 9.60. The van der Waals surface area contributed by atoms with Crippen molar-refractivity contribution in [3.8, 4) is 0 Å². The van der Waals surface area contributed by atoms with E-state index in [0.717, 1.165) is 15.9 Å². The summed E-state index contributed by atoms with van der Waals surface area (Å²) in [6.45, 7) is 1.24. The van der Waals surface area contributed by atoms with Crippen LogP contribution in [0, 0.1) is 5.92 Å². The van der Waals surface area contributed by atoms with Crippen LogP contribution in [0.5, 0.6) is 0 Å². The summed E-state index contributed by atoms with van der Waals surface area (Å²) in [5.41, 5.74) is 7.34. The maximum atomic E-state index is 11.9. The molecule has 18 heavy (non-hydrogen) atoms. The molecule has 2 heterocycles. The minimum atomic E-state index is 0.131. The van der Waals surface area contributed by atoms with Crippen LogP contribution in [-0.4, -0.2) is 24.0 Å². The molecule has 0 saturated carbocycles. The lowest BCUT2D eigenvalue weighted by Crippen LogP contribution is -2.25. The maximum Gasteiger partial charge on any atom is 0.227 e.